The van der Waals surface area contributed by atoms with Crippen molar-refractivity contribution < 1.29 is 4.79 Å². The lowest BCUT2D eigenvalue weighted by Gasteiger charge is -2.36. The monoisotopic (exact) mass is 505 g/mol. The van der Waals surface area contributed by atoms with Crippen molar-refractivity contribution in [2.45, 2.75) is 52.4 Å². The summed E-state index contributed by atoms with van der Waals surface area (Å²) in [6.07, 6.45) is 7.21. The van der Waals surface area contributed by atoms with Gasteiger partial charge in [-0.05, 0) is 38.5 Å². The Morgan fingerprint density at radius 3 is 2.21 bits per heavy atom. The summed E-state index contributed by atoms with van der Waals surface area (Å²) in [4.78, 5) is 24.4. The maximum atomic E-state index is 12.6. The summed E-state index contributed by atoms with van der Waals surface area (Å²) in [7, 11) is 0. The van der Waals surface area contributed by atoms with Crippen LogP contribution in [0.1, 0.15) is 52.4 Å². The molecule has 0 aromatic carbocycles. The van der Waals surface area contributed by atoms with Gasteiger partial charge in [0.25, 0.3) is 0 Å². The van der Waals surface area contributed by atoms with Crippen molar-refractivity contribution in [3.05, 3.63) is 0 Å². The van der Waals surface area contributed by atoms with Crippen LogP contribution >= 0.6 is 24.0 Å². The van der Waals surface area contributed by atoms with Crippen molar-refractivity contribution in [3.8, 4) is 0 Å². The molecule has 1 N–H and O–H groups in total. The van der Waals surface area contributed by atoms with E-state index in [4.69, 9.17) is 4.99 Å². The average Bonchev–Trinajstić information content (AvgIpc) is 3.23. The maximum Gasteiger partial charge on any atom is 0.225 e. The first-order valence-corrected chi connectivity index (χ1v) is 11.2. The molecule has 3 rings (SSSR count). The highest BCUT2D eigenvalue weighted by molar-refractivity contribution is 14.0. The number of amides is 1. The molecule has 1 amide bonds. The van der Waals surface area contributed by atoms with Crippen molar-refractivity contribution in [1.29, 1.82) is 0 Å². The minimum atomic E-state index is 0. The average molecular weight is 505 g/mol. The van der Waals surface area contributed by atoms with E-state index in [9.17, 15) is 4.79 Å². The molecule has 3 aliphatic rings. The standard InChI is InChI=1S/C21H39N5O.HI/c1-3-22-21(26-11-8-18(2)9-12-26)23-10-13-24-14-16-25(17-15-24)20(27)19-6-4-5-7-19;/h18-19H,3-17H2,1-2H3,(H,22,23);1H. The molecular formula is C21H40IN5O. The Hall–Kier alpha value is -0.570. The van der Waals surface area contributed by atoms with Crippen LogP contribution in [-0.2, 0) is 4.79 Å². The Kier molecular flexibility index (Phi) is 10.3. The number of halogens is 1. The van der Waals surface area contributed by atoms with Crippen LogP contribution in [0.25, 0.3) is 0 Å². The fourth-order valence-corrected chi connectivity index (χ4v) is 4.57. The van der Waals surface area contributed by atoms with Gasteiger partial charge in [0, 0.05) is 58.3 Å². The zero-order valence-electron chi connectivity index (χ0n) is 17.9. The van der Waals surface area contributed by atoms with E-state index in [1.54, 1.807) is 0 Å². The molecule has 7 heteroatoms. The first-order chi connectivity index (χ1) is 13.2. The van der Waals surface area contributed by atoms with Gasteiger partial charge >= 0.3 is 0 Å². The quantitative estimate of drug-likeness (QED) is 0.355. The van der Waals surface area contributed by atoms with E-state index in [-0.39, 0.29) is 24.0 Å². The zero-order valence-corrected chi connectivity index (χ0v) is 20.2. The molecular weight excluding hydrogens is 465 g/mol. The molecule has 0 bridgehead atoms. The third-order valence-corrected chi connectivity index (χ3v) is 6.48. The molecule has 0 atom stereocenters. The normalized spacial score (nSPS) is 23.0. The highest BCUT2D eigenvalue weighted by Crippen LogP contribution is 2.26. The molecule has 2 saturated heterocycles. The lowest BCUT2D eigenvalue weighted by molar-refractivity contribution is -0.137. The summed E-state index contributed by atoms with van der Waals surface area (Å²) < 4.78 is 0. The van der Waals surface area contributed by atoms with Crippen LogP contribution in [0.4, 0.5) is 0 Å². The fourth-order valence-electron chi connectivity index (χ4n) is 4.57. The second-order valence-electron chi connectivity index (χ2n) is 8.55. The molecule has 0 unspecified atom stereocenters. The van der Waals surface area contributed by atoms with E-state index in [0.717, 1.165) is 83.6 Å². The number of guanidine groups is 1. The molecule has 28 heavy (non-hydrogen) atoms. The molecule has 2 aliphatic heterocycles. The van der Waals surface area contributed by atoms with Gasteiger partial charge in [0.2, 0.25) is 5.91 Å². The van der Waals surface area contributed by atoms with Crippen molar-refractivity contribution in [1.82, 2.24) is 20.0 Å². The number of piperidine rings is 1. The van der Waals surface area contributed by atoms with E-state index in [1.165, 1.54) is 25.7 Å². The molecule has 162 valence electrons. The van der Waals surface area contributed by atoms with Crippen LogP contribution in [0.15, 0.2) is 4.99 Å². The van der Waals surface area contributed by atoms with Crippen molar-refractivity contribution in [2.24, 2.45) is 16.8 Å². The maximum absolute atomic E-state index is 12.6. The van der Waals surface area contributed by atoms with Crippen LogP contribution in [0, 0.1) is 11.8 Å². The molecule has 6 nitrogen and oxygen atoms in total. The zero-order chi connectivity index (χ0) is 19.1. The van der Waals surface area contributed by atoms with Gasteiger partial charge in [0.05, 0.1) is 6.54 Å². The number of carbonyl (C=O) groups excluding carboxylic acids is 1. The van der Waals surface area contributed by atoms with Crippen LogP contribution in [0.5, 0.6) is 0 Å². The van der Waals surface area contributed by atoms with Gasteiger partial charge in [-0.25, -0.2) is 0 Å². The highest BCUT2D eigenvalue weighted by atomic mass is 127. The van der Waals surface area contributed by atoms with E-state index in [0.29, 0.717) is 11.8 Å². The lowest BCUT2D eigenvalue weighted by Crippen LogP contribution is -2.50. The Bertz CT molecular complexity index is 493. The van der Waals surface area contributed by atoms with Gasteiger partial charge in [-0.3, -0.25) is 14.7 Å². The number of aliphatic imine (C=N–C) groups is 1. The molecule has 3 fully saturated rings. The van der Waals surface area contributed by atoms with E-state index in [1.807, 2.05) is 0 Å². The smallest absolute Gasteiger partial charge is 0.225 e. The number of hydrogen-bond acceptors (Lipinski definition) is 3. The number of likely N-dealkylation sites (tertiary alicyclic amines) is 1. The lowest BCUT2D eigenvalue weighted by atomic mass is 10.00. The number of rotatable bonds is 5. The van der Waals surface area contributed by atoms with Gasteiger partial charge in [-0.1, -0.05) is 19.8 Å². The Balaban J connectivity index is 0.00000280. The predicted octanol–water partition coefficient (Wildman–Crippen LogP) is 2.64. The van der Waals surface area contributed by atoms with Crippen LogP contribution in [-0.4, -0.2) is 85.5 Å². The molecule has 0 radical (unpaired) electrons. The van der Waals surface area contributed by atoms with Gasteiger partial charge in [-0.2, -0.15) is 0 Å². The molecule has 0 aromatic rings. The number of hydrogen-bond donors (Lipinski definition) is 1. The van der Waals surface area contributed by atoms with E-state index >= 15 is 0 Å². The highest BCUT2D eigenvalue weighted by Gasteiger charge is 2.29. The molecule has 1 aliphatic carbocycles. The fraction of sp³-hybridized carbons (Fsp3) is 0.905. The van der Waals surface area contributed by atoms with Crippen LogP contribution in [0.2, 0.25) is 0 Å². The predicted molar refractivity (Wildman–Crippen MR) is 126 cm³/mol. The third kappa shape index (κ3) is 6.75. The van der Waals surface area contributed by atoms with Gasteiger partial charge in [0.1, 0.15) is 0 Å². The van der Waals surface area contributed by atoms with Crippen LogP contribution in [0.3, 0.4) is 0 Å². The van der Waals surface area contributed by atoms with Crippen molar-refractivity contribution in [3.63, 3.8) is 0 Å². The Labute approximate surface area is 188 Å². The molecule has 1 saturated carbocycles. The largest absolute Gasteiger partial charge is 0.357 e. The summed E-state index contributed by atoms with van der Waals surface area (Å²) in [5, 5.41) is 3.46. The first kappa shape index (κ1) is 23.7. The van der Waals surface area contributed by atoms with Gasteiger partial charge < -0.3 is 15.1 Å². The SMILES string of the molecule is CCNC(=NCCN1CCN(C(=O)C2CCCC2)CC1)N1CCC(C)CC1.I. The number of carbonyl (C=O) groups is 1. The number of nitrogens with zero attached hydrogens (tertiary/aromatic N) is 4. The van der Waals surface area contributed by atoms with E-state index in [2.05, 4.69) is 33.9 Å². The molecule has 0 spiro atoms. The minimum Gasteiger partial charge on any atom is -0.357 e. The second kappa shape index (κ2) is 12.2. The molecule has 0 aromatic heterocycles. The van der Waals surface area contributed by atoms with Crippen molar-refractivity contribution in [2.75, 3.05) is 58.9 Å². The summed E-state index contributed by atoms with van der Waals surface area (Å²) in [5.41, 5.74) is 0. The summed E-state index contributed by atoms with van der Waals surface area (Å²) in [6, 6.07) is 0. The van der Waals surface area contributed by atoms with Gasteiger partial charge in [-0.15, -0.1) is 24.0 Å². The number of nitrogens with one attached hydrogen (secondary N) is 1. The second-order valence-corrected chi connectivity index (χ2v) is 8.55. The minimum absolute atomic E-state index is 0. The van der Waals surface area contributed by atoms with Crippen LogP contribution < -0.4 is 5.32 Å². The summed E-state index contributed by atoms with van der Waals surface area (Å²) in [5.74, 6) is 2.65. The number of piperazine rings is 1. The Morgan fingerprint density at radius 2 is 1.61 bits per heavy atom. The Morgan fingerprint density at radius 1 is 0.964 bits per heavy atom. The molecule has 2 heterocycles. The third-order valence-electron chi connectivity index (χ3n) is 6.48. The van der Waals surface area contributed by atoms with Gasteiger partial charge in [0.15, 0.2) is 5.96 Å². The first-order valence-electron chi connectivity index (χ1n) is 11.2. The summed E-state index contributed by atoms with van der Waals surface area (Å²) >= 11 is 0. The summed E-state index contributed by atoms with van der Waals surface area (Å²) in [6.45, 7) is 13.2. The topological polar surface area (TPSA) is 51.2 Å². The van der Waals surface area contributed by atoms with Crippen molar-refractivity contribution >= 4 is 35.8 Å². The van der Waals surface area contributed by atoms with E-state index < -0.39 is 0 Å².